The van der Waals surface area contributed by atoms with Gasteiger partial charge in [0, 0.05) is 13.2 Å². The van der Waals surface area contributed by atoms with Gasteiger partial charge in [0.2, 0.25) is 0 Å². The molecule has 1 fully saturated rings. The maximum Gasteiger partial charge on any atom is 0.265 e. The van der Waals surface area contributed by atoms with E-state index in [9.17, 15) is 9.59 Å². The lowest BCUT2D eigenvalue weighted by atomic mass is 10.1. The Labute approximate surface area is 181 Å². The van der Waals surface area contributed by atoms with E-state index in [1.807, 2.05) is 42.5 Å². The minimum absolute atomic E-state index is 0.0566. The van der Waals surface area contributed by atoms with E-state index in [0.717, 1.165) is 30.2 Å². The van der Waals surface area contributed by atoms with Crippen molar-refractivity contribution in [2.24, 2.45) is 0 Å². The summed E-state index contributed by atoms with van der Waals surface area (Å²) in [5, 5.41) is 7.86. The standard InChI is InChI=1S/C25H26N2O4/c1-17(31-20-13-12-18-7-2-3-8-19(18)15-20)24(28)27-23-11-5-4-10-22(23)25(29)26-16-21-9-6-14-30-21/h2-5,7-8,10-13,15,17,21H,6,9,14,16H2,1H3,(H,26,29)(H,27,28)/t17-,21-/m1/s1. The molecule has 6 nitrogen and oxygen atoms in total. The van der Waals surface area contributed by atoms with Gasteiger partial charge in [-0.2, -0.15) is 0 Å². The number of ether oxygens (including phenoxy) is 2. The lowest BCUT2D eigenvalue weighted by Crippen LogP contribution is -2.34. The Morgan fingerprint density at radius 1 is 1.06 bits per heavy atom. The van der Waals surface area contributed by atoms with Crippen LogP contribution in [0.3, 0.4) is 0 Å². The first-order chi connectivity index (χ1) is 15.1. The van der Waals surface area contributed by atoms with Crippen molar-refractivity contribution in [3.63, 3.8) is 0 Å². The molecule has 4 rings (SSSR count). The third kappa shape index (κ3) is 5.22. The van der Waals surface area contributed by atoms with Gasteiger partial charge in [-0.05, 0) is 54.8 Å². The van der Waals surface area contributed by atoms with E-state index in [-0.39, 0.29) is 17.9 Å². The molecule has 160 valence electrons. The number of carbonyl (C=O) groups is 2. The molecule has 3 aromatic carbocycles. The van der Waals surface area contributed by atoms with Crippen LogP contribution < -0.4 is 15.4 Å². The van der Waals surface area contributed by atoms with Crippen LogP contribution in [-0.4, -0.2) is 37.2 Å². The van der Waals surface area contributed by atoms with Crippen molar-refractivity contribution >= 4 is 28.3 Å². The van der Waals surface area contributed by atoms with Gasteiger partial charge in [-0.1, -0.05) is 42.5 Å². The van der Waals surface area contributed by atoms with Crippen LogP contribution in [-0.2, 0) is 9.53 Å². The Hall–Kier alpha value is -3.38. The lowest BCUT2D eigenvalue weighted by molar-refractivity contribution is -0.122. The highest BCUT2D eigenvalue weighted by Gasteiger charge is 2.20. The Balaban J connectivity index is 1.39. The number of anilines is 1. The summed E-state index contributed by atoms with van der Waals surface area (Å²) in [5.41, 5.74) is 0.859. The Morgan fingerprint density at radius 2 is 1.84 bits per heavy atom. The minimum atomic E-state index is -0.732. The first-order valence-corrected chi connectivity index (χ1v) is 10.6. The van der Waals surface area contributed by atoms with Crippen molar-refractivity contribution in [2.45, 2.75) is 32.0 Å². The molecule has 0 aromatic heterocycles. The van der Waals surface area contributed by atoms with Gasteiger partial charge in [0.1, 0.15) is 5.75 Å². The fraction of sp³-hybridized carbons (Fsp3) is 0.280. The zero-order valence-corrected chi connectivity index (χ0v) is 17.5. The molecule has 0 bridgehead atoms. The van der Waals surface area contributed by atoms with E-state index in [1.165, 1.54) is 0 Å². The molecule has 0 radical (unpaired) electrons. The van der Waals surface area contributed by atoms with Crippen molar-refractivity contribution in [1.82, 2.24) is 5.32 Å². The number of nitrogens with one attached hydrogen (secondary N) is 2. The van der Waals surface area contributed by atoms with Gasteiger partial charge in [-0.15, -0.1) is 0 Å². The molecule has 0 spiro atoms. The number of amides is 2. The summed E-state index contributed by atoms with van der Waals surface area (Å²) in [5.74, 6) is 0.0472. The van der Waals surface area contributed by atoms with Crippen molar-refractivity contribution in [3.8, 4) is 5.75 Å². The molecular weight excluding hydrogens is 392 g/mol. The maximum absolute atomic E-state index is 12.7. The molecule has 2 atom stereocenters. The van der Waals surface area contributed by atoms with Gasteiger partial charge in [-0.25, -0.2) is 0 Å². The zero-order chi connectivity index (χ0) is 21.6. The number of fused-ring (bicyclic) bond motifs is 1. The molecular formula is C25H26N2O4. The lowest BCUT2D eigenvalue weighted by Gasteiger charge is -2.17. The van der Waals surface area contributed by atoms with Crippen LogP contribution >= 0.6 is 0 Å². The highest BCUT2D eigenvalue weighted by Crippen LogP contribution is 2.22. The summed E-state index contributed by atoms with van der Waals surface area (Å²) in [6.45, 7) is 2.88. The van der Waals surface area contributed by atoms with E-state index in [4.69, 9.17) is 9.47 Å². The maximum atomic E-state index is 12.7. The fourth-order valence-electron chi connectivity index (χ4n) is 3.63. The quantitative estimate of drug-likeness (QED) is 0.604. The molecule has 0 unspecified atom stereocenters. The monoisotopic (exact) mass is 418 g/mol. The van der Waals surface area contributed by atoms with Crippen LogP contribution in [0.4, 0.5) is 5.69 Å². The van der Waals surface area contributed by atoms with E-state index in [1.54, 1.807) is 31.2 Å². The molecule has 3 aromatic rings. The molecule has 2 amide bonds. The van der Waals surface area contributed by atoms with Crippen LogP contribution in [0.5, 0.6) is 5.75 Å². The van der Waals surface area contributed by atoms with E-state index >= 15 is 0 Å². The number of hydrogen-bond acceptors (Lipinski definition) is 4. The second kappa shape index (κ2) is 9.62. The van der Waals surface area contributed by atoms with Crippen molar-refractivity contribution < 1.29 is 19.1 Å². The topological polar surface area (TPSA) is 76.7 Å². The number of rotatable bonds is 7. The van der Waals surface area contributed by atoms with Gasteiger partial charge >= 0.3 is 0 Å². The summed E-state index contributed by atoms with van der Waals surface area (Å²) in [4.78, 5) is 25.4. The van der Waals surface area contributed by atoms with Crippen molar-refractivity contribution in [3.05, 3.63) is 72.3 Å². The second-order valence-electron chi connectivity index (χ2n) is 7.65. The minimum Gasteiger partial charge on any atom is -0.481 e. The summed E-state index contributed by atoms with van der Waals surface area (Å²) < 4.78 is 11.4. The van der Waals surface area contributed by atoms with Crippen molar-refractivity contribution in [2.75, 3.05) is 18.5 Å². The van der Waals surface area contributed by atoms with E-state index < -0.39 is 6.10 Å². The van der Waals surface area contributed by atoms with E-state index in [2.05, 4.69) is 10.6 Å². The molecule has 0 saturated carbocycles. The highest BCUT2D eigenvalue weighted by molar-refractivity contribution is 6.04. The van der Waals surface area contributed by atoms with Crippen LogP contribution in [0, 0.1) is 0 Å². The summed E-state index contributed by atoms with van der Waals surface area (Å²) >= 11 is 0. The van der Waals surface area contributed by atoms with Gasteiger partial charge in [0.15, 0.2) is 6.10 Å². The van der Waals surface area contributed by atoms with Gasteiger partial charge in [0.05, 0.1) is 17.4 Å². The third-order valence-electron chi connectivity index (χ3n) is 5.35. The molecule has 1 saturated heterocycles. The number of benzene rings is 3. The van der Waals surface area contributed by atoms with Crippen LogP contribution in [0.2, 0.25) is 0 Å². The van der Waals surface area contributed by atoms with E-state index in [0.29, 0.717) is 23.5 Å². The summed E-state index contributed by atoms with van der Waals surface area (Å²) in [6, 6.07) is 20.6. The second-order valence-corrected chi connectivity index (χ2v) is 7.65. The van der Waals surface area contributed by atoms with Gasteiger partial charge < -0.3 is 20.1 Å². The highest BCUT2D eigenvalue weighted by atomic mass is 16.5. The van der Waals surface area contributed by atoms with Crippen LogP contribution in [0.1, 0.15) is 30.1 Å². The molecule has 1 aliphatic heterocycles. The number of para-hydroxylation sites is 1. The van der Waals surface area contributed by atoms with Gasteiger partial charge in [0.25, 0.3) is 11.8 Å². The Morgan fingerprint density at radius 3 is 2.65 bits per heavy atom. The smallest absolute Gasteiger partial charge is 0.265 e. The molecule has 0 aliphatic carbocycles. The predicted octanol–water partition coefficient (Wildman–Crippen LogP) is 4.15. The van der Waals surface area contributed by atoms with Gasteiger partial charge in [-0.3, -0.25) is 9.59 Å². The largest absolute Gasteiger partial charge is 0.481 e. The molecule has 6 heteroatoms. The summed E-state index contributed by atoms with van der Waals surface area (Å²) in [6.07, 6.45) is 1.29. The fourth-order valence-corrected chi connectivity index (χ4v) is 3.63. The Bertz CT molecular complexity index is 1080. The first kappa shape index (κ1) is 20.9. The SMILES string of the molecule is C[C@@H](Oc1ccc2ccccc2c1)C(=O)Nc1ccccc1C(=O)NC[C@H]1CCCO1. The first-order valence-electron chi connectivity index (χ1n) is 10.6. The molecule has 2 N–H and O–H groups in total. The molecule has 1 aliphatic rings. The van der Waals surface area contributed by atoms with Crippen molar-refractivity contribution in [1.29, 1.82) is 0 Å². The average molecular weight is 418 g/mol. The average Bonchev–Trinajstić information content (AvgIpc) is 3.31. The zero-order valence-electron chi connectivity index (χ0n) is 17.5. The normalized spacial score (nSPS) is 16.6. The number of hydrogen-bond donors (Lipinski definition) is 2. The molecule has 1 heterocycles. The predicted molar refractivity (Wildman–Crippen MR) is 120 cm³/mol. The summed E-state index contributed by atoms with van der Waals surface area (Å²) in [7, 11) is 0. The third-order valence-corrected chi connectivity index (χ3v) is 5.35. The molecule has 31 heavy (non-hydrogen) atoms. The number of carbonyl (C=O) groups excluding carboxylic acids is 2. The van der Waals surface area contributed by atoms with Crippen LogP contribution in [0.25, 0.3) is 10.8 Å². The van der Waals surface area contributed by atoms with Crippen LogP contribution in [0.15, 0.2) is 66.7 Å². The Kier molecular flexibility index (Phi) is 6.48.